The molecular formula is C22H23N5O3. The summed E-state index contributed by atoms with van der Waals surface area (Å²) in [5, 5.41) is 8.28. The van der Waals surface area contributed by atoms with Crippen LogP contribution in [0.4, 0.5) is 11.4 Å². The minimum Gasteiger partial charge on any atom is -0.342 e. The summed E-state index contributed by atoms with van der Waals surface area (Å²) in [6.07, 6.45) is 0.286. The number of nitrogens with one attached hydrogen (secondary N) is 4. The van der Waals surface area contributed by atoms with E-state index in [1.54, 1.807) is 30.3 Å². The van der Waals surface area contributed by atoms with Crippen molar-refractivity contribution < 1.29 is 14.4 Å². The van der Waals surface area contributed by atoms with Crippen LogP contribution in [-0.2, 0) is 9.59 Å². The lowest BCUT2D eigenvalue weighted by molar-refractivity contribution is -0.118. The van der Waals surface area contributed by atoms with Crippen LogP contribution in [0.3, 0.4) is 0 Å². The molecule has 0 saturated heterocycles. The first-order chi connectivity index (χ1) is 14.4. The molecule has 0 saturated carbocycles. The Balaban J connectivity index is 1.38. The molecule has 2 aromatic carbocycles. The molecule has 0 unspecified atom stereocenters. The van der Waals surface area contributed by atoms with Crippen molar-refractivity contribution in [2.75, 3.05) is 10.6 Å². The van der Waals surface area contributed by atoms with Gasteiger partial charge < -0.3 is 20.9 Å². The predicted molar refractivity (Wildman–Crippen MR) is 114 cm³/mol. The molecule has 1 aliphatic heterocycles. The highest BCUT2D eigenvalue weighted by Crippen LogP contribution is 2.22. The summed E-state index contributed by atoms with van der Waals surface area (Å²) in [4.78, 5) is 45.0. The number of rotatable bonds is 5. The number of H-pyrrole nitrogens is 1. The van der Waals surface area contributed by atoms with Crippen LogP contribution >= 0.6 is 0 Å². The summed E-state index contributed by atoms with van der Waals surface area (Å²) in [7, 11) is 0. The van der Waals surface area contributed by atoms with Crippen molar-refractivity contribution in [3.05, 3.63) is 53.9 Å². The molecule has 1 atom stereocenters. The molecule has 3 aromatic rings. The third-order valence-electron chi connectivity index (χ3n) is 5.04. The summed E-state index contributed by atoms with van der Waals surface area (Å²) < 4.78 is 0. The molecule has 1 aliphatic rings. The number of carbonyl (C=O) groups excluding carboxylic acids is 3. The number of anilines is 2. The second-order valence-corrected chi connectivity index (χ2v) is 7.66. The quantitative estimate of drug-likeness (QED) is 0.522. The van der Waals surface area contributed by atoms with Crippen LogP contribution in [-0.4, -0.2) is 33.7 Å². The average molecular weight is 405 g/mol. The van der Waals surface area contributed by atoms with Crippen molar-refractivity contribution in [1.29, 1.82) is 0 Å². The number of imidazole rings is 1. The van der Waals surface area contributed by atoms with Crippen LogP contribution in [0, 0.1) is 0 Å². The summed E-state index contributed by atoms with van der Waals surface area (Å²) >= 11 is 0. The number of amides is 3. The number of carbonyl (C=O) groups is 3. The van der Waals surface area contributed by atoms with Crippen LogP contribution < -0.4 is 16.0 Å². The molecule has 4 N–H and O–H groups in total. The molecule has 8 heteroatoms. The van der Waals surface area contributed by atoms with E-state index in [4.69, 9.17) is 0 Å². The standard InChI is InChI=1S/C22H23N5O3/c1-12(2)20-24-16-8-7-13(11-18(16)25-20)23-19(28)10-9-17-22(30)26-15-6-4-3-5-14(15)21(29)27-17/h3-8,11-12,17H,9-10H2,1-2H3,(H,23,28)(H,24,25)(H,26,30)(H,27,29)/t17-/m1/s1. The largest absolute Gasteiger partial charge is 0.342 e. The number of hydrogen-bond donors (Lipinski definition) is 4. The Labute approximate surface area is 173 Å². The van der Waals surface area contributed by atoms with Crippen molar-refractivity contribution in [2.45, 2.75) is 38.6 Å². The first kappa shape index (κ1) is 19.6. The smallest absolute Gasteiger partial charge is 0.254 e. The summed E-state index contributed by atoms with van der Waals surface area (Å²) in [6.45, 7) is 4.11. The molecule has 0 spiro atoms. The van der Waals surface area contributed by atoms with E-state index < -0.39 is 6.04 Å². The van der Waals surface area contributed by atoms with E-state index in [9.17, 15) is 14.4 Å². The Hall–Kier alpha value is -3.68. The first-order valence-corrected chi connectivity index (χ1v) is 9.91. The molecule has 0 aliphatic carbocycles. The summed E-state index contributed by atoms with van der Waals surface area (Å²) in [5.41, 5.74) is 3.22. The van der Waals surface area contributed by atoms with Crippen LogP contribution in [0.2, 0.25) is 0 Å². The fourth-order valence-corrected chi connectivity index (χ4v) is 3.39. The summed E-state index contributed by atoms with van der Waals surface area (Å²) in [5.74, 6) is 0.273. The van der Waals surface area contributed by atoms with Gasteiger partial charge >= 0.3 is 0 Å². The highest BCUT2D eigenvalue weighted by molar-refractivity contribution is 6.10. The van der Waals surface area contributed by atoms with E-state index in [1.165, 1.54) is 0 Å². The second-order valence-electron chi connectivity index (χ2n) is 7.66. The van der Waals surface area contributed by atoms with E-state index in [2.05, 4.69) is 39.8 Å². The number of para-hydroxylation sites is 1. The Kier molecular flexibility index (Phi) is 5.22. The normalized spacial score (nSPS) is 16.0. The average Bonchev–Trinajstić information content (AvgIpc) is 3.10. The van der Waals surface area contributed by atoms with Gasteiger partial charge in [0.15, 0.2) is 0 Å². The number of fused-ring (bicyclic) bond motifs is 2. The predicted octanol–water partition coefficient (Wildman–Crippen LogP) is 3.16. The SMILES string of the molecule is CC(C)c1nc2ccc(NC(=O)CC[C@H]3NC(=O)c4ccccc4NC3=O)cc2[nH]1. The van der Waals surface area contributed by atoms with Crippen molar-refractivity contribution in [3.63, 3.8) is 0 Å². The van der Waals surface area contributed by atoms with Gasteiger partial charge in [0, 0.05) is 18.0 Å². The van der Waals surface area contributed by atoms with Crippen LogP contribution in [0.25, 0.3) is 11.0 Å². The van der Waals surface area contributed by atoms with Gasteiger partial charge in [-0.3, -0.25) is 14.4 Å². The van der Waals surface area contributed by atoms with Gasteiger partial charge in [-0.2, -0.15) is 0 Å². The van der Waals surface area contributed by atoms with Crippen LogP contribution in [0.5, 0.6) is 0 Å². The third-order valence-corrected chi connectivity index (χ3v) is 5.04. The molecule has 2 heterocycles. The van der Waals surface area contributed by atoms with E-state index in [0.29, 0.717) is 16.9 Å². The fraction of sp³-hybridized carbons (Fsp3) is 0.273. The summed E-state index contributed by atoms with van der Waals surface area (Å²) in [6, 6.07) is 11.5. The topological polar surface area (TPSA) is 116 Å². The molecule has 0 radical (unpaired) electrons. The zero-order valence-corrected chi connectivity index (χ0v) is 16.8. The minimum absolute atomic E-state index is 0.0902. The highest BCUT2D eigenvalue weighted by atomic mass is 16.2. The maximum atomic E-state index is 12.4. The van der Waals surface area contributed by atoms with E-state index in [0.717, 1.165) is 16.9 Å². The van der Waals surface area contributed by atoms with Gasteiger partial charge in [-0.25, -0.2) is 4.98 Å². The number of aromatic nitrogens is 2. The Morgan fingerprint density at radius 2 is 1.97 bits per heavy atom. The van der Waals surface area contributed by atoms with Gasteiger partial charge in [0.25, 0.3) is 5.91 Å². The molecule has 4 rings (SSSR count). The molecule has 1 aromatic heterocycles. The van der Waals surface area contributed by atoms with Gasteiger partial charge in [0.1, 0.15) is 11.9 Å². The molecule has 30 heavy (non-hydrogen) atoms. The van der Waals surface area contributed by atoms with Crippen LogP contribution in [0.1, 0.15) is 48.8 Å². The zero-order chi connectivity index (χ0) is 21.3. The van der Waals surface area contributed by atoms with Crippen LogP contribution in [0.15, 0.2) is 42.5 Å². The lowest BCUT2D eigenvalue weighted by Crippen LogP contribution is -2.41. The number of benzene rings is 2. The molecule has 154 valence electrons. The van der Waals surface area contributed by atoms with Crippen molar-refractivity contribution >= 4 is 40.1 Å². The van der Waals surface area contributed by atoms with Crippen molar-refractivity contribution in [1.82, 2.24) is 15.3 Å². The second kappa shape index (κ2) is 7.98. The Morgan fingerprint density at radius 3 is 2.77 bits per heavy atom. The number of hydrogen-bond acceptors (Lipinski definition) is 4. The van der Waals surface area contributed by atoms with Gasteiger partial charge in [0.05, 0.1) is 22.3 Å². The molecular weight excluding hydrogens is 382 g/mol. The van der Waals surface area contributed by atoms with E-state index in [-0.39, 0.29) is 36.5 Å². The van der Waals surface area contributed by atoms with E-state index >= 15 is 0 Å². The first-order valence-electron chi connectivity index (χ1n) is 9.91. The molecule has 3 amide bonds. The Morgan fingerprint density at radius 1 is 1.17 bits per heavy atom. The van der Waals surface area contributed by atoms with Gasteiger partial charge in [-0.05, 0) is 36.8 Å². The fourth-order valence-electron chi connectivity index (χ4n) is 3.39. The number of nitrogens with zero attached hydrogens (tertiary/aromatic N) is 1. The molecule has 0 bridgehead atoms. The number of aromatic amines is 1. The molecule has 0 fully saturated rings. The monoisotopic (exact) mass is 405 g/mol. The van der Waals surface area contributed by atoms with E-state index in [1.807, 2.05) is 12.1 Å². The highest BCUT2D eigenvalue weighted by Gasteiger charge is 2.27. The lowest BCUT2D eigenvalue weighted by Gasteiger charge is -2.14. The van der Waals surface area contributed by atoms with Gasteiger partial charge in [0.2, 0.25) is 11.8 Å². The van der Waals surface area contributed by atoms with Crippen molar-refractivity contribution in [3.8, 4) is 0 Å². The van der Waals surface area contributed by atoms with Gasteiger partial charge in [-0.15, -0.1) is 0 Å². The van der Waals surface area contributed by atoms with Gasteiger partial charge in [-0.1, -0.05) is 26.0 Å². The maximum absolute atomic E-state index is 12.4. The lowest BCUT2D eigenvalue weighted by atomic mass is 10.1. The zero-order valence-electron chi connectivity index (χ0n) is 16.8. The minimum atomic E-state index is -0.778. The van der Waals surface area contributed by atoms with Crippen molar-refractivity contribution in [2.24, 2.45) is 0 Å². The Bertz CT molecular complexity index is 1130. The maximum Gasteiger partial charge on any atom is 0.254 e. The third kappa shape index (κ3) is 4.03. The molecule has 8 nitrogen and oxygen atoms in total.